The summed E-state index contributed by atoms with van der Waals surface area (Å²) in [6.07, 6.45) is 2.57. The molecule has 0 aromatic carbocycles. The smallest absolute Gasteiger partial charge is 0.223 e. The fourth-order valence-electron chi connectivity index (χ4n) is 1.88. The van der Waals surface area contributed by atoms with Crippen molar-refractivity contribution in [2.24, 2.45) is 7.05 Å². The van der Waals surface area contributed by atoms with E-state index in [1.807, 2.05) is 0 Å². The van der Waals surface area contributed by atoms with Gasteiger partial charge in [-0.15, -0.1) is 0 Å². The Balaban J connectivity index is 3.19. The Morgan fingerprint density at radius 1 is 1.48 bits per heavy atom. The van der Waals surface area contributed by atoms with Crippen molar-refractivity contribution < 1.29 is 19.4 Å². The summed E-state index contributed by atoms with van der Waals surface area (Å²) >= 11 is 0. The average Bonchev–Trinajstić information content (AvgIpc) is 2.46. The van der Waals surface area contributed by atoms with Crippen molar-refractivity contribution in [2.45, 2.75) is 26.9 Å². The van der Waals surface area contributed by atoms with Gasteiger partial charge in [-0.2, -0.15) is 0 Å². The number of halogens is 1. The Morgan fingerprint density at radius 3 is 2.62 bits per heavy atom. The van der Waals surface area contributed by atoms with Gasteiger partial charge in [0.25, 0.3) is 0 Å². The third kappa shape index (κ3) is 3.81. The van der Waals surface area contributed by atoms with Crippen LogP contribution in [0.5, 0.6) is 5.75 Å². The summed E-state index contributed by atoms with van der Waals surface area (Å²) < 4.78 is 14.2. The monoisotopic (exact) mass is 295 g/mol. The number of rotatable bonds is 5. The number of aliphatic hydroxyl groups excluding tert-OH is 1. The van der Waals surface area contributed by atoms with Crippen LogP contribution in [-0.2, 0) is 24.9 Å². The summed E-state index contributed by atoms with van der Waals surface area (Å²) in [5.41, 5.74) is 0.223. The van der Waals surface area contributed by atoms with Crippen LogP contribution in [-0.4, -0.2) is 20.6 Å². The van der Waals surface area contributed by atoms with Crippen molar-refractivity contribution in [1.29, 1.82) is 0 Å². The zero-order valence-corrected chi connectivity index (χ0v) is 12.2. The molecule has 0 amide bonds. The van der Waals surface area contributed by atoms with Gasteiger partial charge in [-0.3, -0.25) is 9.59 Å². The number of hydrogen-bond donors (Lipinski definition) is 2. The molecule has 0 aliphatic carbocycles. The van der Waals surface area contributed by atoms with Crippen LogP contribution in [0, 0.1) is 0 Å². The fourth-order valence-corrected chi connectivity index (χ4v) is 1.88. The first-order valence-electron chi connectivity index (χ1n) is 6.35. The molecule has 1 rings (SSSR count). The highest BCUT2D eigenvalue weighted by Gasteiger charge is 2.14. The van der Waals surface area contributed by atoms with Gasteiger partial charge in [0, 0.05) is 19.5 Å². The summed E-state index contributed by atoms with van der Waals surface area (Å²) in [5.74, 6) is -1.42. The lowest BCUT2D eigenvalue weighted by atomic mass is 10.1. The number of nitrogens with zero attached hydrogens (tertiary/aromatic N) is 1. The van der Waals surface area contributed by atoms with E-state index in [1.54, 1.807) is 6.92 Å². The van der Waals surface area contributed by atoms with Gasteiger partial charge < -0.3 is 14.8 Å². The SMILES string of the molecule is C/C=C(/O)C(=O)/C=C(\C)Cc1c(O)c(=O)cc(CF)n1C. The van der Waals surface area contributed by atoms with Crippen molar-refractivity contribution in [2.75, 3.05) is 0 Å². The minimum atomic E-state index is -0.833. The van der Waals surface area contributed by atoms with E-state index in [4.69, 9.17) is 0 Å². The van der Waals surface area contributed by atoms with Gasteiger partial charge in [0.15, 0.2) is 11.5 Å². The van der Waals surface area contributed by atoms with Gasteiger partial charge in [0.1, 0.15) is 6.67 Å². The molecule has 1 aromatic heterocycles. The number of allylic oxidation sites excluding steroid dienone is 3. The molecule has 0 saturated carbocycles. The maximum atomic E-state index is 12.8. The molecule has 0 bridgehead atoms. The zero-order chi connectivity index (χ0) is 16.2. The third-order valence-corrected chi connectivity index (χ3v) is 3.13. The third-order valence-electron chi connectivity index (χ3n) is 3.13. The van der Waals surface area contributed by atoms with E-state index in [2.05, 4.69) is 0 Å². The highest BCUT2D eigenvalue weighted by Crippen LogP contribution is 2.18. The summed E-state index contributed by atoms with van der Waals surface area (Å²) in [6.45, 7) is 2.31. The molecular formula is C15H18FNO4. The summed E-state index contributed by atoms with van der Waals surface area (Å²) in [5, 5.41) is 19.1. The first-order valence-corrected chi connectivity index (χ1v) is 6.35. The molecule has 0 aliphatic rings. The van der Waals surface area contributed by atoms with Crippen LogP contribution in [0.25, 0.3) is 0 Å². The Bertz CT molecular complexity index is 671. The maximum absolute atomic E-state index is 12.8. The van der Waals surface area contributed by atoms with E-state index < -0.39 is 23.6 Å². The molecular weight excluding hydrogens is 277 g/mol. The lowest BCUT2D eigenvalue weighted by molar-refractivity contribution is -0.113. The van der Waals surface area contributed by atoms with Gasteiger partial charge >= 0.3 is 0 Å². The first kappa shape index (κ1) is 16.7. The number of aromatic nitrogens is 1. The first-order chi connectivity index (χ1) is 9.81. The molecule has 2 N–H and O–H groups in total. The van der Waals surface area contributed by atoms with E-state index in [0.717, 1.165) is 6.07 Å². The fraction of sp³-hybridized carbons (Fsp3) is 0.333. The largest absolute Gasteiger partial charge is 0.504 e. The van der Waals surface area contributed by atoms with Crippen LogP contribution in [0.15, 0.2) is 34.3 Å². The second-order valence-electron chi connectivity index (χ2n) is 4.69. The molecule has 0 spiro atoms. The van der Waals surface area contributed by atoms with Gasteiger partial charge in [0.2, 0.25) is 11.2 Å². The van der Waals surface area contributed by atoms with Crippen LogP contribution in [0.3, 0.4) is 0 Å². The summed E-state index contributed by atoms with van der Waals surface area (Å²) in [7, 11) is 1.53. The molecule has 0 radical (unpaired) electrons. The second-order valence-corrected chi connectivity index (χ2v) is 4.69. The summed E-state index contributed by atoms with van der Waals surface area (Å²) in [4.78, 5) is 23.1. The minimum Gasteiger partial charge on any atom is -0.504 e. The molecule has 5 nitrogen and oxygen atoms in total. The number of aromatic hydroxyl groups is 1. The van der Waals surface area contributed by atoms with Crippen LogP contribution in [0.1, 0.15) is 25.2 Å². The number of carbonyl (C=O) groups excluding carboxylic acids is 1. The van der Waals surface area contributed by atoms with Crippen molar-refractivity contribution in [1.82, 2.24) is 4.57 Å². The van der Waals surface area contributed by atoms with E-state index in [1.165, 1.54) is 30.7 Å². The highest BCUT2D eigenvalue weighted by atomic mass is 19.1. The molecule has 0 fully saturated rings. The predicted molar refractivity (Wildman–Crippen MR) is 77.0 cm³/mol. The number of alkyl halides is 1. The van der Waals surface area contributed by atoms with Crippen LogP contribution in [0.2, 0.25) is 0 Å². The summed E-state index contributed by atoms with van der Waals surface area (Å²) in [6, 6.07) is 1.04. The van der Waals surface area contributed by atoms with E-state index >= 15 is 0 Å². The molecule has 0 aliphatic heterocycles. The van der Waals surface area contributed by atoms with E-state index in [0.29, 0.717) is 5.57 Å². The van der Waals surface area contributed by atoms with Crippen molar-refractivity contribution in [3.8, 4) is 5.75 Å². The predicted octanol–water partition coefficient (Wildman–Crippen LogP) is 2.08. The quantitative estimate of drug-likeness (QED) is 0.644. The molecule has 21 heavy (non-hydrogen) atoms. The number of ketones is 1. The van der Waals surface area contributed by atoms with Crippen LogP contribution < -0.4 is 5.43 Å². The van der Waals surface area contributed by atoms with E-state index in [9.17, 15) is 24.2 Å². The standard InChI is InChI=1S/C15H18FNO4/c1-4-12(18)13(19)6-9(2)5-11-15(21)14(20)7-10(8-16)17(11)3/h4,6-7,18,21H,5,8H2,1-3H3/b9-6+,12-4+. The Labute approximate surface area is 121 Å². The molecule has 0 atom stereocenters. The minimum absolute atomic E-state index is 0.0914. The zero-order valence-electron chi connectivity index (χ0n) is 12.2. The molecule has 0 unspecified atom stereocenters. The Hall–Kier alpha value is -2.37. The van der Waals surface area contributed by atoms with Crippen molar-refractivity contribution in [3.63, 3.8) is 0 Å². The normalized spacial score (nSPS) is 12.6. The lowest BCUT2D eigenvalue weighted by Crippen LogP contribution is -2.15. The van der Waals surface area contributed by atoms with Gasteiger partial charge in [-0.05, 0) is 26.0 Å². The number of pyridine rings is 1. The van der Waals surface area contributed by atoms with Gasteiger partial charge in [-0.1, -0.05) is 5.57 Å². The molecule has 6 heteroatoms. The molecule has 1 heterocycles. The second kappa shape index (κ2) is 6.88. The Morgan fingerprint density at radius 2 is 2.10 bits per heavy atom. The van der Waals surface area contributed by atoms with Gasteiger partial charge in [0.05, 0.1) is 11.4 Å². The molecule has 0 saturated heterocycles. The van der Waals surface area contributed by atoms with Crippen molar-refractivity contribution in [3.05, 3.63) is 51.2 Å². The maximum Gasteiger partial charge on any atom is 0.223 e. The Kier molecular flexibility index (Phi) is 5.46. The number of aliphatic hydroxyl groups is 1. The van der Waals surface area contributed by atoms with E-state index in [-0.39, 0.29) is 23.6 Å². The van der Waals surface area contributed by atoms with Crippen LogP contribution >= 0.6 is 0 Å². The topological polar surface area (TPSA) is 79.5 Å². The highest BCUT2D eigenvalue weighted by molar-refractivity contribution is 6.02. The lowest BCUT2D eigenvalue weighted by Gasteiger charge is -2.14. The number of carbonyl (C=O) groups is 1. The average molecular weight is 295 g/mol. The number of hydrogen-bond acceptors (Lipinski definition) is 4. The van der Waals surface area contributed by atoms with Crippen LogP contribution in [0.4, 0.5) is 4.39 Å². The molecule has 1 aromatic rings. The molecule has 114 valence electrons. The van der Waals surface area contributed by atoms with Gasteiger partial charge in [-0.25, -0.2) is 4.39 Å². The van der Waals surface area contributed by atoms with Crippen molar-refractivity contribution >= 4 is 5.78 Å².